The molecule has 0 spiro atoms. The minimum absolute atomic E-state index is 0.310. The first-order valence-corrected chi connectivity index (χ1v) is 6.93. The molecular formula is C12H20O10. The summed E-state index contributed by atoms with van der Waals surface area (Å²) in [7, 11) is 0. The third kappa shape index (κ3) is 2.19. The van der Waals surface area contributed by atoms with Crippen molar-refractivity contribution in [2.45, 2.75) is 48.2 Å². The van der Waals surface area contributed by atoms with Crippen molar-refractivity contribution in [3.63, 3.8) is 0 Å². The molecule has 10 heteroatoms. The van der Waals surface area contributed by atoms with E-state index < -0.39 is 61.4 Å². The van der Waals surface area contributed by atoms with Gasteiger partial charge < -0.3 is 49.6 Å². The van der Waals surface area contributed by atoms with E-state index in [1.165, 1.54) is 0 Å². The van der Waals surface area contributed by atoms with Gasteiger partial charge in [-0.15, -0.1) is 0 Å². The largest absolute Gasteiger partial charge is 0.393 e. The zero-order valence-corrected chi connectivity index (χ0v) is 11.6. The molecule has 6 N–H and O–H groups in total. The van der Waals surface area contributed by atoms with Crippen LogP contribution in [0.5, 0.6) is 0 Å². The molecule has 128 valence electrons. The third-order valence-electron chi connectivity index (χ3n) is 4.47. The third-order valence-corrected chi connectivity index (χ3v) is 4.47. The molecule has 10 nitrogen and oxygen atoms in total. The van der Waals surface area contributed by atoms with Crippen LogP contribution in [0.2, 0.25) is 0 Å². The smallest absolute Gasteiger partial charge is 0.191 e. The maximum atomic E-state index is 10.3. The number of aliphatic hydroxyl groups is 6. The molecule has 0 aromatic heterocycles. The van der Waals surface area contributed by atoms with Crippen molar-refractivity contribution in [1.29, 1.82) is 0 Å². The number of ether oxygens (including phenoxy) is 4. The van der Waals surface area contributed by atoms with Gasteiger partial charge in [-0.25, -0.2) is 0 Å². The predicted octanol–water partition coefficient (Wildman–Crippen LogP) is -4.35. The van der Waals surface area contributed by atoms with Crippen LogP contribution in [0, 0.1) is 0 Å². The van der Waals surface area contributed by atoms with Crippen LogP contribution in [-0.4, -0.2) is 105 Å². The van der Waals surface area contributed by atoms with Gasteiger partial charge in [0.15, 0.2) is 23.8 Å². The molecule has 22 heavy (non-hydrogen) atoms. The lowest BCUT2D eigenvalue weighted by molar-refractivity contribution is -0.260. The highest BCUT2D eigenvalue weighted by molar-refractivity contribution is 5.04. The van der Waals surface area contributed by atoms with Crippen molar-refractivity contribution >= 4 is 0 Å². The Morgan fingerprint density at radius 1 is 0.773 bits per heavy atom. The van der Waals surface area contributed by atoms with E-state index in [4.69, 9.17) is 18.9 Å². The second-order valence-electron chi connectivity index (χ2n) is 5.87. The van der Waals surface area contributed by atoms with Crippen molar-refractivity contribution in [1.82, 2.24) is 0 Å². The molecule has 2 unspecified atom stereocenters. The van der Waals surface area contributed by atoms with Crippen molar-refractivity contribution in [2.75, 3.05) is 26.4 Å². The lowest BCUT2D eigenvalue weighted by Crippen LogP contribution is -2.55. The van der Waals surface area contributed by atoms with Gasteiger partial charge in [-0.2, -0.15) is 0 Å². The summed E-state index contributed by atoms with van der Waals surface area (Å²) in [4.78, 5) is 0. The second-order valence-corrected chi connectivity index (χ2v) is 5.87. The van der Waals surface area contributed by atoms with E-state index in [1.54, 1.807) is 0 Å². The monoisotopic (exact) mass is 324 g/mol. The second kappa shape index (κ2) is 5.60. The molecular weight excluding hydrogens is 304 g/mol. The average Bonchev–Trinajstić information content (AvgIpc) is 2.90. The average molecular weight is 324 g/mol. The number of fused-ring (bicyclic) bond motifs is 4. The van der Waals surface area contributed by atoms with Gasteiger partial charge in [-0.1, -0.05) is 0 Å². The van der Waals surface area contributed by atoms with E-state index in [0.717, 1.165) is 0 Å². The normalized spacial score (nSPS) is 55.4. The Morgan fingerprint density at radius 3 is 1.45 bits per heavy atom. The molecule has 3 aliphatic rings. The van der Waals surface area contributed by atoms with Gasteiger partial charge in [0.1, 0.15) is 24.4 Å². The Bertz CT molecular complexity index is 383. The minimum Gasteiger partial charge on any atom is -0.393 e. The molecule has 3 rings (SSSR count). The van der Waals surface area contributed by atoms with Gasteiger partial charge in [0.05, 0.1) is 26.4 Å². The number of rotatable bonds is 2. The molecule has 0 saturated carbocycles. The summed E-state index contributed by atoms with van der Waals surface area (Å²) in [5.74, 6) is 0. The van der Waals surface area contributed by atoms with Crippen molar-refractivity contribution in [3.8, 4) is 0 Å². The summed E-state index contributed by atoms with van der Waals surface area (Å²) < 4.78 is 21.3. The lowest BCUT2D eigenvalue weighted by atomic mass is 9.94. The molecule has 3 fully saturated rings. The Morgan fingerprint density at radius 2 is 1.14 bits per heavy atom. The Kier molecular flexibility index (Phi) is 4.19. The molecule has 0 aromatic rings. The van der Waals surface area contributed by atoms with E-state index >= 15 is 0 Å². The minimum atomic E-state index is -2.03. The fourth-order valence-corrected chi connectivity index (χ4v) is 2.95. The number of hydrogen-bond acceptors (Lipinski definition) is 10. The Balaban J connectivity index is 1.84. The van der Waals surface area contributed by atoms with Gasteiger partial charge in [0.25, 0.3) is 0 Å². The quantitative estimate of drug-likeness (QED) is 0.293. The maximum Gasteiger partial charge on any atom is 0.191 e. The van der Waals surface area contributed by atoms with Gasteiger partial charge in [0, 0.05) is 0 Å². The molecule has 4 bridgehead atoms. The molecule has 0 aliphatic carbocycles. The lowest BCUT2D eigenvalue weighted by Gasteiger charge is -2.31. The zero-order chi connectivity index (χ0) is 16.1. The predicted molar refractivity (Wildman–Crippen MR) is 65.3 cm³/mol. The van der Waals surface area contributed by atoms with Crippen LogP contribution in [0.25, 0.3) is 0 Å². The van der Waals surface area contributed by atoms with Crippen molar-refractivity contribution in [2.24, 2.45) is 0 Å². The topological polar surface area (TPSA) is 158 Å². The van der Waals surface area contributed by atoms with Crippen LogP contribution >= 0.6 is 0 Å². The number of hydrogen-bond donors (Lipinski definition) is 6. The van der Waals surface area contributed by atoms with Crippen LogP contribution in [0.15, 0.2) is 0 Å². The van der Waals surface area contributed by atoms with Crippen LogP contribution in [0.4, 0.5) is 0 Å². The van der Waals surface area contributed by atoms with Crippen LogP contribution in [0.1, 0.15) is 0 Å². The van der Waals surface area contributed by atoms with Crippen LogP contribution in [0.3, 0.4) is 0 Å². The van der Waals surface area contributed by atoms with E-state index in [9.17, 15) is 30.6 Å². The Labute approximate surface area is 125 Å². The molecule has 0 aromatic carbocycles. The van der Waals surface area contributed by atoms with Gasteiger partial charge in [0.2, 0.25) is 0 Å². The van der Waals surface area contributed by atoms with Crippen LogP contribution < -0.4 is 0 Å². The standard InChI is InChI=1S/C12H20O10/c13-3-11(17)7(15)5-1-19-9-12(18,4-14)8(16)6(22-9)2-20-10(11)21-5/h5-10,13-18H,1-4H2/t5-,6-,7+,8+,9?,10?,11-,12-/m1/s1. The molecule has 3 aliphatic heterocycles. The fourth-order valence-electron chi connectivity index (χ4n) is 2.95. The fraction of sp³-hybridized carbons (Fsp3) is 1.00. The van der Waals surface area contributed by atoms with Crippen molar-refractivity contribution in [3.05, 3.63) is 0 Å². The van der Waals surface area contributed by atoms with Gasteiger partial charge in [-0.3, -0.25) is 0 Å². The van der Waals surface area contributed by atoms with Gasteiger partial charge >= 0.3 is 0 Å². The van der Waals surface area contributed by atoms with E-state index in [1.807, 2.05) is 0 Å². The SMILES string of the molecule is OC[C@]1(O)C2OC[C@H]3OC(OC[C@@H](O2)[C@@H]1O)[C@@](O)(CO)[C@H]3O. The Hall–Kier alpha value is -0.400. The summed E-state index contributed by atoms with van der Waals surface area (Å²) in [6, 6.07) is 0. The highest BCUT2D eigenvalue weighted by atomic mass is 16.8. The first-order valence-electron chi connectivity index (χ1n) is 6.93. The summed E-state index contributed by atoms with van der Waals surface area (Å²) in [6.07, 6.45) is -7.74. The summed E-state index contributed by atoms with van der Waals surface area (Å²) in [5, 5.41) is 59.3. The highest BCUT2D eigenvalue weighted by Gasteiger charge is 2.60. The van der Waals surface area contributed by atoms with Crippen molar-refractivity contribution < 1.29 is 49.6 Å². The first kappa shape index (κ1) is 16.5. The van der Waals surface area contributed by atoms with E-state index in [2.05, 4.69) is 0 Å². The molecule has 0 radical (unpaired) electrons. The summed E-state index contributed by atoms with van der Waals surface area (Å²) >= 11 is 0. The molecule has 8 atom stereocenters. The van der Waals surface area contributed by atoms with Crippen LogP contribution in [-0.2, 0) is 18.9 Å². The van der Waals surface area contributed by atoms with E-state index in [-0.39, 0.29) is 13.2 Å². The first-order chi connectivity index (χ1) is 10.4. The van der Waals surface area contributed by atoms with Gasteiger partial charge in [-0.05, 0) is 0 Å². The molecule has 3 heterocycles. The maximum absolute atomic E-state index is 10.3. The molecule has 3 saturated heterocycles. The summed E-state index contributed by atoms with van der Waals surface area (Å²) in [5.41, 5.74) is -4.06. The van der Waals surface area contributed by atoms with E-state index in [0.29, 0.717) is 0 Å². The highest BCUT2D eigenvalue weighted by Crippen LogP contribution is 2.37. The molecule has 0 amide bonds. The summed E-state index contributed by atoms with van der Waals surface area (Å²) in [6.45, 7) is -2.22. The zero-order valence-electron chi connectivity index (χ0n) is 11.6. The number of aliphatic hydroxyl groups excluding tert-OH is 4.